The number of amides is 3. The second kappa shape index (κ2) is 11.2. The van der Waals surface area contributed by atoms with Gasteiger partial charge in [0.15, 0.2) is 12.1 Å². The smallest absolute Gasteiger partial charge is 0.412 e. The third-order valence-corrected chi connectivity index (χ3v) is 7.77. The molecule has 3 amide bonds. The van der Waals surface area contributed by atoms with Crippen LogP contribution in [0.3, 0.4) is 0 Å². The van der Waals surface area contributed by atoms with Crippen LogP contribution in [0.25, 0.3) is 0 Å². The lowest BCUT2D eigenvalue weighted by molar-refractivity contribution is -0.132. The summed E-state index contributed by atoms with van der Waals surface area (Å²) >= 11 is 0. The Hall–Kier alpha value is -2.03. The van der Waals surface area contributed by atoms with Gasteiger partial charge in [0, 0.05) is 13.6 Å². The molecule has 9 heteroatoms. The largest absolute Gasteiger partial charge is 0.444 e. The first-order valence-corrected chi connectivity index (χ1v) is 13.7. The summed E-state index contributed by atoms with van der Waals surface area (Å²) in [4.78, 5) is 42.5. The molecule has 2 heterocycles. The van der Waals surface area contributed by atoms with E-state index >= 15 is 0 Å². The number of hydrogen-bond acceptors (Lipinski definition) is 6. The first-order valence-electron chi connectivity index (χ1n) is 13.7. The minimum Gasteiger partial charge on any atom is -0.444 e. The Bertz CT molecular complexity index is 804. The molecule has 2 saturated heterocycles. The Kier molecular flexibility index (Phi) is 8.84. The van der Waals surface area contributed by atoms with Crippen LogP contribution in [0.1, 0.15) is 93.4 Å². The molecule has 1 aliphatic carbocycles. The zero-order chi connectivity index (χ0) is 26.8. The van der Waals surface area contributed by atoms with Gasteiger partial charge >= 0.3 is 12.2 Å². The maximum absolute atomic E-state index is 13.5. The van der Waals surface area contributed by atoms with Gasteiger partial charge in [-0.3, -0.25) is 14.6 Å². The number of cyclic esters (lactones) is 1. The number of likely N-dealkylation sites (N-methyl/N-ethyl adjacent to an activating group) is 1. The zero-order valence-electron chi connectivity index (χ0n) is 23.5. The molecule has 0 aromatic rings. The second-order valence-corrected chi connectivity index (χ2v) is 12.3. The van der Waals surface area contributed by atoms with E-state index in [0.717, 1.165) is 19.3 Å². The Morgan fingerprint density at radius 2 is 1.81 bits per heavy atom. The van der Waals surface area contributed by atoms with Crippen LogP contribution in [-0.2, 0) is 19.0 Å². The van der Waals surface area contributed by atoms with E-state index in [0.29, 0.717) is 24.8 Å². The van der Waals surface area contributed by atoms with Gasteiger partial charge in [-0.05, 0) is 52.9 Å². The van der Waals surface area contributed by atoms with Crippen molar-refractivity contribution in [1.82, 2.24) is 15.1 Å². The summed E-state index contributed by atoms with van der Waals surface area (Å²) in [5, 5.41) is 2.99. The minimum absolute atomic E-state index is 0.262. The van der Waals surface area contributed by atoms with E-state index in [9.17, 15) is 14.4 Å². The maximum Gasteiger partial charge on any atom is 0.412 e. The topological polar surface area (TPSA) is 97.4 Å². The Morgan fingerprint density at radius 3 is 2.39 bits per heavy atom. The zero-order valence-corrected chi connectivity index (χ0v) is 23.5. The van der Waals surface area contributed by atoms with E-state index in [2.05, 4.69) is 19.2 Å². The third-order valence-electron chi connectivity index (χ3n) is 7.77. The lowest BCUT2D eigenvalue weighted by Crippen LogP contribution is -2.55. The molecule has 3 unspecified atom stereocenters. The molecule has 1 N–H and O–H groups in total. The molecule has 3 aliphatic rings. The first-order chi connectivity index (χ1) is 16.7. The molecule has 2 aliphatic heterocycles. The van der Waals surface area contributed by atoms with Crippen LogP contribution in [0.2, 0.25) is 0 Å². The summed E-state index contributed by atoms with van der Waals surface area (Å²) in [7, 11) is 1.58. The molecule has 36 heavy (non-hydrogen) atoms. The highest BCUT2D eigenvalue weighted by molar-refractivity contribution is 5.88. The molecule has 5 atom stereocenters. The van der Waals surface area contributed by atoms with Crippen molar-refractivity contribution < 1.29 is 28.6 Å². The van der Waals surface area contributed by atoms with E-state index in [1.807, 2.05) is 34.6 Å². The van der Waals surface area contributed by atoms with Crippen LogP contribution >= 0.6 is 0 Å². The Balaban J connectivity index is 1.92. The molecule has 0 aromatic heterocycles. The summed E-state index contributed by atoms with van der Waals surface area (Å²) in [5.74, 6) is 0.488. The predicted molar refractivity (Wildman–Crippen MR) is 136 cm³/mol. The molecule has 3 rings (SSSR count). The normalized spacial score (nSPS) is 29.7. The van der Waals surface area contributed by atoms with Gasteiger partial charge in [0.25, 0.3) is 0 Å². The average Bonchev–Trinajstić information content (AvgIpc) is 3.23. The van der Waals surface area contributed by atoms with Crippen molar-refractivity contribution in [3.8, 4) is 0 Å². The van der Waals surface area contributed by atoms with Gasteiger partial charge < -0.3 is 19.5 Å². The lowest BCUT2D eigenvalue weighted by atomic mass is 9.82. The predicted octanol–water partition coefficient (Wildman–Crippen LogP) is 4.68. The number of ether oxygens (including phenoxy) is 3. The number of hydrogen-bond donors (Lipinski definition) is 1. The number of rotatable bonds is 7. The van der Waals surface area contributed by atoms with E-state index in [1.165, 1.54) is 24.2 Å². The highest BCUT2D eigenvalue weighted by Gasteiger charge is 2.59. The molecule has 0 aromatic carbocycles. The molecule has 0 bridgehead atoms. The average molecular weight is 510 g/mol. The SMILES string of the molecule is CCC(C)CNC(=O)C1C([C@@H]2OC(C)(C)N(C(=O)OC(C)(C)C)[C@@H]2CC2CCCCC2)OC(=O)N1C. The number of nitrogens with zero attached hydrogens (tertiary/aromatic N) is 2. The second-order valence-electron chi connectivity index (χ2n) is 12.3. The monoisotopic (exact) mass is 509 g/mol. The van der Waals surface area contributed by atoms with Gasteiger partial charge in [0.2, 0.25) is 5.91 Å². The summed E-state index contributed by atoms with van der Waals surface area (Å²) in [6.45, 7) is 13.9. The molecule has 1 saturated carbocycles. The van der Waals surface area contributed by atoms with E-state index in [4.69, 9.17) is 14.2 Å². The lowest BCUT2D eigenvalue weighted by Gasteiger charge is -2.37. The van der Waals surface area contributed by atoms with Crippen molar-refractivity contribution in [1.29, 1.82) is 0 Å². The van der Waals surface area contributed by atoms with E-state index in [1.54, 1.807) is 11.9 Å². The summed E-state index contributed by atoms with van der Waals surface area (Å²) in [6, 6.07) is -1.22. The van der Waals surface area contributed by atoms with Crippen molar-refractivity contribution in [3.63, 3.8) is 0 Å². The van der Waals surface area contributed by atoms with Crippen LogP contribution in [-0.4, -0.2) is 77.1 Å². The molecule has 9 nitrogen and oxygen atoms in total. The number of carbonyl (C=O) groups is 3. The van der Waals surface area contributed by atoms with Crippen molar-refractivity contribution in [2.75, 3.05) is 13.6 Å². The van der Waals surface area contributed by atoms with Gasteiger partial charge in [0.05, 0.1) is 6.04 Å². The fourth-order valence-corrected chi connectivity index (χ4v) is 5.66. The van der Waals surface area contributed by atoms with Crippen molar-refractivity contribution in [2.24, 2.45) is 11.8 Å². The van der Waals surface area contributed by atoms with Crippen LogP contribution in [0.5, 0.6) is 0 Å². The fourth-order valence-electron chi connectivity index (χ4n) is 5.66. The fraction of sp³-hybridized carbons (Fsp3) is 0.889. The number of carbonyl (C=O) groups excluding carboxylic acids is 3. The summed E-state index contributed by atoms with van der Waals surface area (Å²) in [6.07, 6.45) is 4.91. The highest BCUT2D eigenvalue weighted by Crippen LogP contribution is 2.42. The van der Waals surface area contributed by atoms with Crippen LogP contribution in [0.15, 0.2) is 0 Å². The summed E-state index contributed by atoms with van der Waals surface area (Å²) in [5.41, 5.74) is -1.66. The van der Waals surface area contributed by atoms with E-state index < -0.39 is 41.8 Å². The highest BCUT2D eigenvalue weighted by atomic mass is 16.6. The first kappa shape index (κ1) is 28.5. The van der Waals surface area contributed by atoms with Crippen molar-refractivity contribution in [3.05, 3.63) is 0 Å². The van der Waals surface area contributed by atoms with Crippen molar-refractivity contribution >= 4 is 18.1 Å². The molecular weight excluding hydrogens is 462 g/mol. The Labute approximate surface area is 216 Å². The number of nitrogens with one attached hydrogen (secondary N) is 1. The molecule has 206 valence electrons. The van der Waals surface area contributed by atoms with Crippen LogP contribution < -0.4 is 5.32 Å². The maximum atomic E-state index is 13.5. The van der Waals surface area contributed by atoms with Gasteiger partial charge in [-0.15, -0.1) is 0 Å². The van der Waals surface area contributed by atoms with Crippen LogP contribution in [0.4, 0.5) is 9.59 Å². The van der Waals surface area contributed by atoms with Gasteiger partial charge in [-0.1, -0.05) is 52.4 Å². The van der Waals surface area contributed by atoms with Gasteiger partial charge in [0.1, 0.15) is 17.4 Å². The minimum atomic E-state index is -0.988. The van der Waals surface area contributed by atoms with Crippen molar-refractivity contribution in [2.45, 2.75) is 129 Å². The molecule has 0 spiro atoms. The molecular formula is C27H47N3O6. The summed E-state index contributed by atoms with van der Waals surface area (Å²) < 4.78 is 18.1. The Morgan fingerprint density at radius 1 is 1.17 bits per heavy atom. The molecule has 0 radical (unpaired) electrons. The molecule has 3 fully saturated rings. The quantitative estimate of drug-likeness (QED) is 0.535. The standard InChI is InChI=1S/C27H47N3O6/c1-9-17(2)16-28-23(31)20-22(34-24(32)29(20)8)21-19(15-18-13-11-10-12-14-18)30(27(6,7)35-21)25(33)36-26(3,4)5/h17-22H,9-16H2,1-8H3,(H,28,31)/t17?,19-,20?,21-,22?/m1/s1. The van der Waals surface area contributed by atoms with Gasteiger partial charge in [-0.25, -0.2) is 9.59 Å². The van der Waals surface area contributed by atoms with E-state index in [-0.39, 0.29) is 11.9 Å². The van der Waals surface area contributed by atoms with Gasteiger partial charge in [-0.2, -0.15) is 0 Å². The van der Waals surface area contributed by atoms with Crippen LogP contribution in [0, 0.1) is 11.8 Å². The third kappa shape index (κ3) is 6.45.